The van der Waals surface area contributed by atoms with E-state index >= 15 is 0 Å². The van der Waals surface area contributed by atoms with Crippen molar-refractivity contribution < 1.29 is 14.3 Å². The first kappa shape index (κ1) is 17.7. The highest BCUT2D eigenvalue weighted by atomic mass is 35.5. The largest absolute Gasteiger partial charge is 0.457 e. The van der Waals surface area contributed by atoms with Gasteiger partial charge in [-0.2, -0.15) is 0 Å². The number of aryl methyl sites for hydroxylation is 1. The summed E-state index contributed by atoms with van der Waals surface area (Å²) in [5.74, 6) is -0.0744. The summed E-state index contributed by atoms with van der Waals surface area (Å²) in [5.41, 5.74) is 3.43. The fraction of sp³-hybridized carbons (Fsp3) is 0.400. The van der Waals surface area contributed by atoms with Crippen molar-refractivity contribution in [3.05, 3.63) is 57.9 Å². The number of esters is 1. The lowest BCUT2D eigenvalue weighted by molar-refractivity contribution is -0.144. The molecule has 0 aliphatic heterocycles. The second-order valence-corrected chi connectivity index (χ2v) is 7.22. The van der Waals surface area contributed by atoms with Crippen molar-refractivity contribution in [2.24, 2.45) is 11.8 Å². The zero-order valence-electron chi connectivity index (χ0n) is 14.7. The Balaban J connectivity index is 1.71. The first-order valence-electron chi connectivity index (χ1n) is 8.48. The van der Waals surface area contributed by atoms with E-state index in [1.807, 2.05) is 51.1 Å². The van der Waals surface area contributed by atoms with Crippen LogP contribution in [0.4, 0.5) is 0 Å². The van der Waals surface area contributed by atoms with Crippen molar-refractivity contribution in [2.45, 2.75) is 33.7 Å². The number of rotatable bonds is 6. The normalized spacial score (nSPS) is 18.9. The molecule has 1 saturated carbocycles. The molecule has 0 bridgehead atoms. The van der Waals surface area contributed by atoms with Crippen LogP contribution in [0.1, 0.15) is 40.7 Å². The predicted octanol–water partition coefficient (Wildman–Crippen LogP) is 4.19. The summed E-state index contributed by atoms with van der Waals surface area (Å²) < 4.78 is 7.23. The molecule has 1 aliphatic carbocycles. The summed E-state index contributed by atoms with van der Waals surface area (Å²) in [5, 5.41) is 0.704. The molecule has 0 saturated heterocycles. The third-order valence-corrected chi connectivity index (χ3v) is 5.29. The molecule has 5 heteroatoms. The minimum absolute atomic E-state index is 0.0274. The molecule has 0 amide bonds. The van der Waals surface area contributed by atoms with Crippen molar-refractivity contribution in [2.75, 3.05) is 6.61 Å². The van der Waals surface area contributed by atoms with Gasteiger partial charge in [0.2, 0.25) is 5.78 Å². The highest BCUT2D eigenvalue weighted by Gasteiger charge is 2.40. The molecular weight excluding hydrogens is 338 g/mol. The number of halogens is 1. The van der Waals surface area contributed by atoms with Crippen LogP contribution in [0.5, 0.6) is 0 Å². The van der Waals surface area contributed by atoms with Crippen LogP contribution in [0.15, 0.2) is 30.3 Å². The van der Waals surface area contributed by atoms with Gasteiger partial charge in [0.25, 0.3) is 0 Å². The van der Waals surface area contributed by atoms with Gasteiger partial charge < -0.3 is 9.30 Å². The van der Waals surface area contributed by atoms with E-state index in [1.165, 1.54) is 0 Å². The van der Waals surface area contributed by atoms with E-state index in [9.17, 15) is 9.59 Å². The van der Waals surface area contributed by atoms with Crippen LogP contribution in [0.3, 0.4) is 0 Å². The number of benzene rings is 1. The molecule has 0 radical (unpaired) electrons. The quantitative estimate of drug-likeness (QED) is 0.574. The van der Waals surface area contributed by atoms with Crippen LogP contribution in [-0.2, 0) is 16.1 Å². The third kappa shape index (κ3) is 3.79. The van der Waals surface area contributed by atoms with Gasteiger partial charge in [-0.05, 0) is 43.9 Å². The first-order chi connectivity index (χ1) is 11.9. The molecule has 1 heterocycles. The monoisotopic (exact) mass is 359 g/mol. The molecular formula is C20H22ClNO3. The fourth-order valence-corrected chi connectivity index (χ4v) is 3.29. The molecule has 4 nitrogen and oxygen atoms in total. The van der Waals surface area contributed by atoms with E-state index < -0.39 is 0 Å². The Morgan fingerprint density at radius 1 is 1.28 bits per heavy atom. The van der Waals surface area contributed by atoms with Crippen molar-refractivity contribution in [3.63, 3.8) is 0 Å². The number of hydrogen-bond acceptors (Lipinski definition) is 3. The molecule has 2 aromatic rings. The van der Waals surface area contributed by atoms with Gasteiger partial charge in [-0.3, -0.25) is 9.59 Å². The summed E-state index contributed by atoms with van der Waals surface area (Å²) in [6.45, 7) is 6.28. The Morgan fingerprint density at radius 3 is 2.60 bits per heavy atom. The molecule has 0 N–H and O–H groups in total. The van der Waals surface area contributed by atoms with E-state index in [-0.39, 0.29) is 24.3 Å². The predicted molar refractivity (Wildman–Crippen MR) is 97.0 cm³/mol. The van der Waals surface area contributed by atoms with Gasteiger partial charge in [0.1, 0.15) is 0 Å². The average Bonchev–Trinajstić information content (AvgIpc) is 3.25. The summed E-state index contributed by atoms with van der Waals surface area (Å²) in [6, 6.07) is 9.52. The van der Waals surface area contributed by atoms with E-state index in [0.29, 0.717) is 23.0 Å². The standard InChI is InChI=1S/C20H22ClNO3/c1-12-8-16(12)20(24)25-11-19(23)17-9-13(2)22(14(17)3)10-15-6-4-5-7-18(15)21/h4-7,9,12,16H,8,10-11H2,1-3H3/t12-,16+/m0/s1. The zero-order valence-corrected chi connectivity index (χ0v) is 15.5. The Labute approximate surface area is 152 Å². The van der Waals surface area contributed by atoms with Gasteiger partial charge in [0.15, 0.2) is 6.61 Å². The number of hydrogen-bond donors (Lipinski definition) is 0. The molecule has 3 rings (SSSR count). The fourth-order valence-electron chi connectivity index (χ4n) is 3.10. The molecule has 1 fully saturated rings. The molecule has 0 unspecified atom stereocenters. The lowest BCUT2D eigenvalue weighted by Gasteiger charge is -2.11. The van der Waals surface area contributed by atoms with Crippen molar-refractivity contribution in [3.8, 4) is 0 Å². The molecule has 25 heavy (non-hydrogen) atoms. The number of carbonyl (C=O) groups excluding carboxylic acids is 2. The highest BCUT2D eigenvalue weighted by molar-refractivity contribution is 6.31. The second kappa shape index (κ2) is 7.04. The first-order valence-corrected chi connectivity index (χ1v) is 8.86. The maximum absolute atomic E-state index is 12.5. The molecule has 0 spiro atoms. The maximum atomic E-state index is 12.5. The summed E-state index contributed by atoms with van der Waals surface area (Å²) in [7, 11) is 0. The van der Waals surface area contributed by atoms with Gasteiger partial charge in [-0.15, -0.1) is 0 Å². The Bertz CT molecular complexity index is 824. The summed E-state index contributed by atoms with van der Waals surface area (Å²) >= 11 is 6.24. The number of nitrogens with zero attached hydrogens (tertiary/aromatic N) is 1. The molecule has 2 atom stereocenters. The maximum Gasteiger partial charge on any atom is 0.309 e. The summed E-state index contributed by atoms with van der Waals surface area (Å²) in [4.78, 5) is 24.3. The van der Waals surface area contributed by atoms with Crippen LogP contribution in [-0.4, -0.2) is 22.9 Å². The molecule has 1 aromatic carbocycles. The zero-order chi connectivity index (χ0) is 18.1. The Kier molecular flexibility index (Phi) is 5.00. The third-order valence-electron chi connectivity index (χ3n) is 4.92. The van der Waals surface area contributed by atoms with Crippen molar-refractivity contribution in [1.82, 2.24) is 4.57 Å². The van der Waals surface area contributed by atoms with Crippen molar-refractivity contribution >= 4 is 23.4 Å². The molecule has 132 valence electrons. The van der Waals surface area contributed by atoms with Crippen LogP contribution >= 0.6 is 11.6 Å². The van der Waals surface area contributed by atoms with Gasteiger partial charge in [0, 0.05) is 28.5 Å². The van der Waals surface area contributed by atoms with Gasteiger partial charge in [-0.1, -0.05) is 36.7 Å². The smallest absolute Gasteiger partial charge is 0.309 e. The van der Waals surface area contributed by atoms with E-state index in [1.54, 1.807) is 0 Å². The molecule has 1 aromatic heterocycles. The van der Waals surface area contributed by atoms with Crippen LogP contribution in [0.2, 0.25) is 5.02 Å². The van der Waals surface area contributed by atoms with Crippen LogP contribution in [0.25, 0.3) is 0 Å². The SMILES string of the molecule is Cc1cc(C(=O)COC(=O)[C@@H]2C[C@@H]2C)c(C)n1Cc1ccccc1Cl. The second-order valence-electron chi connectivity index (χ2n) is 6.81. The minimum atomic E-state index is -0.259. The lowest BCUT2D eigenvalue weighted by Crippen LogP contribution is -2.16. The Hall–Kier alpha value is -2.07. The van der Waals surface area contributed by atoms with Crippen LogP contribution in [0, 0.1) is 25.7 Å². The number of ether oxygens (including phenoxy) is 1. The summed E-state index contributed by atoms with van der Waals surface area (Å²) in [6.07, 6.45) is 0.860. The Morgan fingerprint density at radius 2 is 1.96 bits per heavy atom. The number of carbonyl (C=O) groups is 2. The minimum Gasteiger partial charge on any atom is -0.457 e. The van der Waals surface area contributed by atoms with Crippen molar-refractivity contribution in [1.29, 1.82) is 0 Å². The number of ketones is 1. The topological polar surface area (TPSA) is 48.3 Å². The van der Waals surface area contributed by atoms with Crippen LogP contribution < -0.4 is 0 Å². The average molecular weight is 360 g/mol. The van der Waals surface area contributed by atoms with E-state index in [4.69, 9.17) is 16.3 Å². The van der Waals surface area contributed by atoms with Gasteiger partial charge >= 0.3 is 5.97 Å². The highest BCUT2D eigenvalue weighted by Crippen LogP contribution is 2.38. The van der Waals surface area contributed by atoms with Gasteiger partial charge in [-0.25, -0.2) is 0 Å². The molecule has 1 aliphatic rings. The lowest BCUT2D eigenvalue weighted by atomic mass is 10.1. The van der Waals surface area contributed by atoms with E-state index in [0.717, 1.165) is 23.4 Å². The number of aromatic nitrogens is 1. The number of Topliss-reactive ketones (excluding diaryl/α,β-unsaturated/α-hetero) is 1. The van der Waals surface area contributed by atoms with Gasteiger partial charge in [0.05, 0.1) is 5.92 Å². The van der Waals surface area contributed by atoms with E-state index in [2.05, 4.69) is 4.57 Å².